The van der Waals surface area contributed by atoms with E-state index in [0.29, 0.717) is 0 Å². The van der Waals surface area contributed by atoms with Crippen LogP contribution < -0.4 is 16.0 Å². The average Bonchev–Trinajstić information content (AvgIpc) is 2.77. The molecule has 1 aliphatic heterocycles. The molecule has 0 radical (unpaired) electrons. The molecule has 0 aromatic carbocycles. The van der Waals surface area contributed by atoms with E-state index < -0.39 is 0 Å². The second kappa shape index (κ2) is 5.82. The summed E-state index contributed by atoms with van der Waals surface area (Å²) >= 11 is 0. The van der Waals surface area contributed by atoms with Crippen LogP contribution in [0.2, 0.25) is 0 Å². The molecule has 3 N–H and O–H groups in total. The fraction of sp³-hybridized carbons (Fsp3) is 0.667. The molecule has 2 heterocycles. The molecule has 0 saturated carbocycles. The predicted molar refractivity (Wildman–Crippen MR) is 70.2 cm³/mol. The number of aromatic nitrogens is 2. The van der Waals surface area contributed by atoms with E-state index in [4.69, 9.17) is 5.73 Å². The summed E-state index contributed by atoms with van der Waals surface area (Å²) in [6, 6.07) is 2.23. The van der Waals surface area contributed by atoms with E-state index >= 15 is 0 Å². The van der Waals surface area contributed by atoms with E-state index in [2.05, 4.69) is 27.1 Å². The number of hydrogen-bond donors (Lipinski definition) is 2. The highest BCUT2D eigenvalue weighted by molar-refractivity contribution is 5.43. The van der Waals surface area contributed by atoms with Gasteiger partial charge in [-0.05, 0) is 18.9 Å². The maximum Gasteiger partial charge on any atom is 0.224 e. The summed E-state index contributed by atoms with van der Waals surface area (Å²) in [6.45, 7) is 4.99. The Morgan fingerprint density at radius 2 is 2.47 bits per heavy atom. The Labute approximate surface area is 102 Å². The SMILES string of the molecule is CCCCNc1nccc(N2CC[C@H](N)C2)n1. The van der Waals surface area contributed by atoms with Crippen molar-refractivity contribution in [2.75, 3.05) is 29.9 Å². The minimum absolute atomic E-state index is 0.279. The zero-order chi connectivity index (χ0) is 12.1. The first-order chi connectivity index (χ1) is 8.29. The van der Waals surface area contributed by atoms with Crippen molar-refractivity contribution in [3.63, 3.8) is 0 Å². The first-order valence-electron chi connectivity index (χ1n) is 6.37. The normalized spacial score (nSPS) is 19.6. The monoisotopic (exact) mass is 235 g/mol. The van der Waals surface area contributed by atoms with Gasteiger partial charge in [0, 0.05) is 31.9 Å². The zero-order valence-electron chi connectivity index (χ0n) is 10.4. The third-order valence-corrected chi connectivity index (χ3v) is 3.00. The van der Waals surface area contributed by atoms with Gasteiger partial charge in [0.2, 0.25) is 5.95 Å². The van der Waals surface area contributed by atoms with Crippen molar-refractivity contribution in [2.45, 2.75) is 32.2 Å². The lowest BCUT2D eigenvalue weighted by Gasteiger charge is -2.17. The fourth-order valence-electron chi connectivity index (χ4n) is 1.98. The molecule has 1 atom stereocenters. The second-order valence-corrected chi connectivity index (χ2v) is 4.51. The van der Waals surface area contributed by atoms with Crippen molar-refractivity contribution in [2.24, 2.45) is 5.73 Å². The fourth-order valence-corrected chi connectivity index (χ4v) is 1.98. The van der Waals surface area contributed by atoms with E-state index in [-0.39, 0.29) is 6.04 Å². The average molecular weight is 235 g/mol. The van der Waals surface area contributed by atoms with Crippen molar-refractivity contribution >= 4 is 11.8 Å². The summed E-state index contributed by atoms with van der Waals surface area (Å²) in [4.78, 5) is 11.0. The molecule has 0 spiro atoms. The Morgan fingerprint density at radius 3 is 3.18 bits per heavy atom. The number of nitrogens with zero attached hydrogens (tertiary/aromatic N) is 3. The van der Waals surface area contributed by atoms with Crippen LogP contribution in [0.1, 0.15) is 26.2 Å². The van der Waals surface area contributed by atoms with Crippen LogP contribution in [0, 0.1) is 0 Å². The topological polar surface area (TPSA) is 67.1 Å². The number of rotatable bonds is 5. The molecule has 0 unspecified atom stereocenters. The van der Waals surface area contributed by atoms with Crippen molar-refractivity contribution in [3.05, 3.63) is 12.3 Å². The lowest BCUT2D eigenvalue weighted by Crippen LogP contribution is -2.27. The zero-order valence-corrected chi connectivity index (χ0v) is 10.4. The molecule has 1 aromatic rings. The molecule has 5 nitrogen and oxygen atoms in total. The Hall–Kier alpha value is -1.36. The van der Waals surface area contributed by atoms with Gasteiger partial charge in [0.15, 0.2) is 0 Å². The van der Waals surface area contributed by atoms with Crippen LogP contribution in [0.5, 0.6) is 0 Å². The molecular formula is C12H21N5. The summed E-state index contributed by atoms with van der Waals surface area (Å²) in [5, 5.41) is 3.24. The van der Waals surface area contributed by atoms with Crippen LogP contribution >= 0.6 is 0 Å². The summed E-state index contributed by atoms with van der Waals surface area (Å²) in [7, 11) is 0. The van der Waals surface area contributed by atoms with Gasteiger partial charge >= 0.3 is 0 Å². The Balaban J connectivity index is 1.96. The summed E-state index contributed by atoms with van der Waals surface area (Å²) in [5.74, 6) is 1.70. The van der Waals surface area contributed by atoms with Crippen molar-refractivity contribution in [3.8, 4) is 0 Å². The molecule has 0 aliphatic carbocycles. The molecule has 0 amide bonds. The van der Waals surface area contributed by atoms with Crippen LogP contribution in [0.25, 0.3) is 0 Å². The van der Waals surface area contributed by atoms with Crippen LogP contribution in [0.15, 0.2) is 12.3 Å². The minimum atomic E-state index is 0.279. The third kappa shape index (κ3) is 3.30. The standard InChI is InChI=1S/C12H21N5/c1-2-3-6-14-12-15-7-4-11(16-12)17-8-5-10(13)9-17/h4,7,10H,2-3,5-6,8-9,13H2,1H3,(H,14,15,16)/t10-/m0/s1. The molecular weight excluding hydrogens is 214 g/mol. The number of anilines is 2. The Bertz CT molecular complexity index is 355. The molecule has 5 heteroatoms. The van der Waals surface area contributed by atoms with Crippen LogP contribution in [0.4, 0.5) is 11.8 Å². The first kappa shape index (κ1) is 12.1. The number of nitrogens with two attached hydrogens (primary N) is 1. The van der Waals surface area contributed by atoms with E-state index in [0.717, 1.165) is 44.2 Å². The number of unbranched alkanes of at least 4 members (excludes halogenated alkanes) is 1. The number of hydrogen-bond acceptors (Lipinski definition) is 5. The summed E-state index contributed by atoms with van der Waals surface area (Å²) in [5.41, 5.74) is 5.90. The summed E-state index contributed by atoms with van der Waals surface area (Å²) in [6.07, 6.45) is 5.17. The maximum atomic E-state index is 5.90. The van der Waals surface area contributed by atoms with Gasteiger partial charge in [-0.1, -0.05) is 13.3 Å². The van der Waals surface area contributed by atoms with Gasteiger partial charge in [-0.15, -0.1) is 0 Å². The van der Waals surface area contributed by atoms with Gasteiger partial charge in [-0.25, -0.2) is 4.98 Å². The molecule has 0 bridgehead atoms. The van der Waals surface area contributed by atoms with Gasteiger partial charge in [0.25, 0.3) is 0 Å². The lowest BCUT2D eigenvalue weighted by molar-refractivity contribution is 0.751. The van der Waals surface area contributed by atoms with Crippen molar-refractivity contribution in [1.29, 1.82) is 0 Å². The second-order valence-electron chi connectivity index (χ2n) is 4.51. The smallest absolute Gasteiger partial charge is 0.224 e. The molecule has 1 saturated heterocycles. The largest absolute Gasteiger partial charge is 0.355 e. The predicted octanol–water partition coefficient (Wildman–Crippen LogP) is 1.23. The van der Waals surface area contributed by atoms with E-state index in [1.54, 1.807) is 6.20 Å². The summed E-state index contributed by atoms with van der Waals surface area (Å²) < 4.78 is 0. The minimum Gasteiger partial charge on any atom is -0.355 e. The van der Waals surface area contributed by atoms with Crippen LogP contribution in [-0.2, 0) is 0 Å². The van der Waals surface area contributed by atoms with E-state index in [9.17, 15) is 0 Å². The Morgan fingerprint density at radius 1 is 1.59 bits per heavy atom. The molecule has 1 fully saturated rings. The highest BCUT2D eigenvalue weighted by atomic mass is 15.2. The molecule has 17 heavy (non-hydrogen) atoms. The van der Waals surface area contributed by atoms with Gasteiger partial charge in [-0.3, -0.25) is 0 Å². The Kier molecular flexibility index (Phi) is 4.14. The van der Waals surface area contributed by atoms with E-state index in [1.807, 2.05) is 6.07 Å². The van der Waals surface area contributed by atoms with Gasteiger partial charge in [-0.2, -0.15) is 4.98 Å². The first-order valence-corrected chi connectivity index (χ1v) is 6.37. The maximum absolute atomic E-state index is 5.90. The molecule has 2 rings (SSSR count). The molecule has 1 aromatic heterocycles. The number of nitrogens with one attached hydrogen (secondary N) is 1. The van der Waals surface area contributed by atoms with E-state index in [1.165, 1.54) is 6.42 Å². The van der Waals surface area contributed by atoms with Gasteiger partial charge in [0.05, 0.1) is 0 Å². The van der Waals surface area contributed by atoms with Crippen molar-refractivity contribution in [1.82, 2.24) is 9.97 Å². The highest BCUT2D eigenvalue weighted by Crippen LogP contribution is 2.17. The lowest BCUT2D eigenvalue weighted by atomic mass is 10.3. The van der Waals surface area contributed by atoms with Gasteiger partial charge in [0.1, 0.15) is 5.82 Å². The van der Waals surface area contributed by atoms with Crippen LogP contribution in [-0.4, -0.2) is 35.6 Å². The highest BCUT2D eigenvalue weighted by Gasteiger charge is 2.20. The molecule has 94 valence electrons. The van der Waals surface area contributed by atoms with Gasteiger partial charge < -0.3 is 16.0 Å². The van der Waals surface area contributed by atoms with Crippen molar-refractivity contribution < 1.29 is 0 Å². The third-order valence-electron chi connectivity index (χ3n) is 3.00. The quantitative estimate of drug-likeness (QED) is 0.751. The molecule has 1 aliphatic rings. The van der Waals surface area contributed by atoms with Crippen LogP contribution in [0.3, 0.4) is 0 Å².